The molecule has 0 radical (unpaired) electrons. The molecule has 9 aromatic carbocycles. The van der Waals surface area contributed by atoms with Crippen molar-refractivity contribution in [1.82, 2.24) is 0 Å². The molecule has 0 N–H and O–H groups in total. The number of hydrogen-bond acceptors (Lipinski definition) is 4. The molecule has 0 saturated heterocycles. The maximum absolute atomic E-state index is 7.04. The van der Waals surface area contributed by atoms with Crippen molar-refractivity contribution in [2.45, 2.75) is 6.92 Å². The summed E-state index contributed by atoms with van der Waals surface area (Å²) in [4.78, 5) is 4.76. The molecule has 262 valence electrons. The third-order valence-corrected chi connectivity index (χ3v) is 11.7. The Bertz CT molecular complexity index is 3210. The van der Waals surface area contributed by atoms with E-state index >= 15 is 0 Å². The second kappa shape index (κ2) is 11.9. The smallest absolute Gasteiger partial charge is 0.257 e. The van der Waals surface area contributed by atoms with Gasteiger partial charge in [0.2, 0.25) is 0 Å². The molecule has 0 unspecified atom stereocenters. The van der Waals surface area contributed by atoms with Gasteiger partial charge in [0, 0.05) is 62.4 Å². The molecular weight excluding hydrogens is 683 g/mol. The van der Waals surface area contributed by atoms with E-state index in [4.69, 9.17) is 9.15 Å². The molecule has 2 aliphatic heterocycles. The molecule has 5 heteroatoms. The Morgan fingerprint density at radius 3 is 1.93 bits per heavy atom. The van der Waals surface area contributed by atoms with Crippen LogP contribution < -0.4 is 30.9 Å². The fraction of sp³-hybridized carbons (Fsp3) is 0.0196. The second-order valence-electron chi connectivity index (χ2n) is 14.9. The van der Waals surface area contributed by atoms with Crippen LogP contribution in [0.15, 0.2) is 186 Å². The van der Waals surface area contributed by atoms with Crippen molar-refractivity contribution in [3.05, 3.63) is 188 Å². The predicted octanol–water partition coefficient (Wildman–Crippen LogP) is 12.1. The lowest BCUT2D eigenvalue weighted by Crippen LogP contribution is -2.59. The van der Waals surface area contributed by atoms with Crippen LogP contribution in [-0.2, 0) is 0 Å². The minimum absolute atomic E-state index is 0.0526. The van der Waals surface area contributed by atoms with Crippen LogP contribution in [-0.4, -0.2) is 6.71 Å². The van der Waals surface area contributed by atoms with Crippen molar-refractivity contribution in [1.29, 1.82) is 0 Å². The molecule has 4 nitrogen and oxygen atoms in total. The third kappa shape index (κ3) is 4.49. The highest BCUT2D eigenvalue weighted by Crippen LogP contribution is 2.47. The van der Waals surface area contributed by atoms with E-state index in [0.717, 1.165) is 67.3 Å². The monoisotopic (exact) mass is 716 g/mol. The Morgan fingerprint density at radius 1 is 0.464 bits per heavy atom. The molecule has 2 aliphatic rings. The quantitative estimate of drug-likeness (QED) is 0.134. The molecule has 0 atom stereocenters. The predicted molar refractivity (Wildman–Crippen MR) is 234 cm³/mol. The Kier molecular flexibility index (Phi) is 6.61. The summed E-state index contributed by atoms with van der Waals surface area (Å²) in [5.74, 6) is 1.74. The first-order valence-electron chi connectivity index (χ1n) is 19.2. The van der Waals surface area contributed by atoms with Gasteiger partial charge in [0.15, 0.2) is 0 Å². The second-order valence-corrected chi connectivity index (χ2v) is 14.9. The fourth-order valence-corrected chi connectivity index (χ4v) is 9.31. The van der Waals surface area contributed by atoms with Crippen molar-refractivity contribution in [3.8, 4) is 11.5 Å². The number of furan rings is 1. The van der Waals surface area contributed by atoms with Crippen LogP contribution in [0.25, 0.3) is 43.5 Å². The standard InChI is InChI=1S/C51H33BN2O2/c1-32-22-24-34(25-23-32)53(35-26-28-40-39-16-9-10-20-45(39)55-47(40)30-35)36-27-29-43-48(31-36)56-46-21-11-19-44-50(46)52(43)49-41-17-7-5-14-37(41)38-15-6-8-18-42(38)51(49)54(44)33-12-3-2-4-13-33/h2-31H,1H3. The van der Waals surface area contributed by atoms with E-state index in [0.29, 0.717) is 0 Å². The van der Waals surface area contributed by atoms with Crippen LogP contribution in [0.4, 0.5) is 34.1 Å². The molecular formula is C51H33BN2O2. The molecule has 0 bridgehead atoms. The first-order valence-corrected chi connectivity index (χ1v) is 19.2. The normalized spacial score (nSPS) is 12.8. The molecule has 3 heterocycles. The van der Waals surface area contributed by atoms with Gasteiger partial charge in [-0.1, -0.05) is 115 Å². The van der Waals surface area contributed by atoms with Crippen molar-refractivity contribution in [3.63, 3.8) is 0 Å². The molecule has 0 aliphatic carbocycles. The summed E-state index contributed by atoms with van der Waals surface area (Å²) < 4.78 is 13.4. The maximum atomic E-state index is 7.04. The number of hydrogen-bond donors (Lipinski definition) is 0. The van der Waals surface area contributed by atoms with Gasteiger partial charge >= 0.3 is 0 Å². The molecule has 56 heavy (non-hydrogen) atoms. The van der Waals surface area contributed by atoms with E-state index in [1.165, 1.54) is 43.7 Å². The number of nitrogens with zero attached hydrogens (tertiary/aromatic N) is 2. The zero-order valence-corrected chi connectivity index (χ0v) is 30.6. The van der Waals surface area contributed by atoms with Gasteiger partial charge in [-0.05, 0) is 100 Å². The molecule has 0 spiro atoms. The molecule has 0 saturated carbocycles. The third-order valence-electron chi connectivity index (χ3n) is 11.7. The van der Waals surface area contributed by atoms with Crippen LogP contribution in [0.3, 0.4) is 0 Å². The van der Waals surface area contributed by atoms with Crippen molar-refractivity contribution < 1.29 is 9.15 Å². The Labute approximate surface area is 324 Å². The van der Waals surface area contributed by atoms with E-state index in [9.17, 15) is 0 Å². The number of ether oxygens (including phenoxy) is 1. The summed E-state index contributed by atoms with van der Waals surface area (Å²) in [6.45, 7) is 2.07. The van der Waals surface area contributed by atoms with Crippen LogP contribution in [0.2, 0.25) is 0 Å². The molecule has 1 aromatic heterocycles. The molecule has 12 rings (SSSR count). The first kappa shape index (κ1) is 31.1. The number of aryl methyl sites for hydroxylation is 1. The maximum Gasteiger partial charge on any atom is 0.257 e. The van der Waals surface area contributed by atoms with Gasteiger partial charge in [-0.2, -0.15) is 0 Å². The Balaban J connectivity index is 1.10. The largest absolute Gasteiger partial charge is 0.458 e. The Morgan fingerprint density at radius 2 is 1.11 bits per heavy atom. The van der Waals surface area contributed by atoms with Crippen LogP contribution in [0, 0.1) is 6.92 Å². The number of rotatable bonds is 4. The minimum Gasteiger partial charge on any atom is -0.458 e. The number of fused-ring (bicyclic) bond motifs is 12. The summed E-state index contributed by atoms with van der Waals surface area (Å²) in [6, 6.07) is 65.3. The van der Waals surface area contributed by atoms with Gasteiger partial charge in [0.25, 0.3) is 6.71 Å². The summed E-state index contributed by atoms with van der Waals surface area (Å²) in [7, 11) is 0. The first-order chi connectivity index (χ1) is 27.7. The van der Waals surface area contributed by atoms with Crippen LogP contribution in [0.1, 0.15) is 5.56 Å². The summed E-state index contributed by atoms with van der Waals surface area (Å²) in [6.07, 6.45) is 0. The van der Waals surface area contributed by atoms with Crippen molar-refractivity contribution in [2.75, 3.05) is 9.80 Å². The van der Waals surface area contributed by atoms with E-state index in [-0.39, 0.29) is 6.71 Å². The van der Waals surface area contributed by atoms with Crippen LogP contribution >= 0.6 is 0 Å². The van der Waals surface area contributed by atoms with Gasteiger partial charge in [-0.3, -0.25) is 0 Å². The van der Waals surface area contributed by atoms with E-state index in [1.807, 2.05) is 12.1 Å². The number of para-hydroxylation sites is 2. The summed E-state index contributed by atoms with van der Waals surface area (Å²) in [5.41, 5.74) is 13.2. The van der Waals surface area contributed by atoms with Gasteiger partial charge < -0.3 is 19.0 Å². The summed E-state index contributed by atoms with van der Waals surface area (Å²) in [5, 5.41) is 7.22. The van der Waals surface area contributed by atoms with E-state index in [2.05, 4.69) is 187 Å². The highest BCUT2D eigenvalue weighted by atomic mass is 16.5. The average Bonchev–Trinajstić information content (AvgIpc) is 3.62. The van der Waals surface area contributed by atoms with E-state index in [1.54, 1.807) is 0 Å². The molecule has 0 amide bonds. The fourth-order valence-electron chi connectivity index (χ4n) is 9.31. The highest BCUT2D eigenvalue weighted by Gasteiger charge is 2.43. The van der Waals surface area contributed by atoms with E-state index < -0.39 is 0 Å². The number of benzene rings is 9. The van der Waals surface area contributed by atoms with Gasteiger partial charge in [-0.15, -0.1) is 0 Å². The lowest BCUT2D eigenvalue weighted by molar-refractivity contribution is 0.487. The minimum atomic E-state index is -0.0526. The summed E-state index contributed by atoms with van der Waals surface area (Å²) >= 11 is 0. The zero-order chi connectivity index (χ0) is 36.9. The SMILES string of the molecule is Cc1ccc(N(c2ccc3c(c2)Oc2cccc4c2B3c2c(c3ccccc3c3ccccc23)N4c2ccccc2)c2ccc3c(c2)oc2ccccc23)cc1. The number of anilines is 6. The zero-order valence-electron chi connectivity index (χ0n) is 30.6. The molecule has 10 aromatic rings. The average molecular weight is 717 g/mol. The van der Waals surface area contributed by atoms with Gasteiger partial charge in [-0.25, -0.2) is 0 Å². The van der Waals surface area contributed by atoms with Gasteiger partial charge in [0.05, 0.1) is 0 Å². The van der Waals surface area contributed by atoms with Crippen LogP contribution in [0.5, 0.6) is 11.5 Å². The lowest BCUT2D eigenvalue weighted by atomic mass is 9.33. The van der Waals surface area contributed by atoms with Crippen molar-refractivity contribution >= 4 is 101 Å². The highest BCUT2D eigenvalue weighted by molar-refractivity contribution is 7.01. The Hall–Kier alpha value is -7.24. The lowest BCUT2D eigenvalue weighted by Gasteiger charge is -2.41. The topological polar surface area (TPSA) is 28.9 Å². The van der Waals surface area contributed by atoms with Crippen molar-refractivity contribution in [2.24, 2.45) is 0 Å². The van der Waals surface area contributed by atoms with Gasteiger partial charge in [0.1, 0.15) is 22.7 Å². The molecule has 0 fully saturated rings.